The van der Waals surface area contributed by atoms with Gasteiger partial charge >= 0.3 is 6.09 Å². The Balaban J connectivity index is 2.05. The second-order valence-electron chi connectivity index (χ2n) is 6.65. The molecule has 4 nitrogen and oxygen atoms in total. The zero-order chi connectivity index (χ0) is 15.7. The first-order chi connectivity index (χ1) is 9.67. The van der Waals surface area contributed by atoms with E-state index in [2.05, 4.69) is 5.32 Å². The van der Waals surface area contributed by atoms with Gasteiger partial charge in [0.15, 0.2) is 0 Å². The Morgan fingerprint density at radius 3 is 2.67 bits per heavy atom. The Labute approximate surface area is 124 Å². The highest BCUT2D eigenvalue weighted by Gasteiger charge is 2.39. The fraction of sp³-hybridized carbons (Fsp3) is 0.562. The van der Waals surface area contributed by atoms with Gasteiger partial charge < -0.3 is 9.84 Å². The fourth-order valence-electron chi connectivity index (χ4n) is 2.07. The van der Waals surface area contributed by atoms with E-state index in [0.717, 1.165) is 12.8 Å². The molecule has 1 saturated carbocycles. The topological polar surface area (TPSA) is 58.6 Å². The van der Waals surface area contributed by atoms with E-state index in [1.165, 1.54) is 18.2 Å². The molecule has 1 amide bonds. The van der Waals surface area contributed by atoms with Gasteiger partial charge in [0, 0.05) is 5.69 Å². The third-order valence-electron chi connectivity index (χ3n) is 3.39. The first-order valence-electron chi connectivity index (χ1n) is 7.18. The van der Waals surface area contributed by atoms with Gasteiger partial charge in [-0.2, -0.15) is 0 Å². The molecule has 0 aromatic heterocycles. The maximum atomic E-state index is 13.4. The predicted molar refractivity (Wildman–Crippen MR) is 78.8 cm³/mol. The van der Waals surface area contributed by atoms with Crippen LogP contribution in [-0.4, -0.2) is 22.4 Å². The van der Waals surface area contributed by atoms with Crippen LogP contribution in [-0.2, 0) is 11.2 Å². The highest BCUT2D eigenvalue weighted by Crippen LogP contribution is 2.39. The van der Waals surface area contributed by atoms with Crippen molar-refractivity contribution >= 4 is 11.8 Å². The van der Waals surface area contributed by atoms with E-state index in [9.17, 15) is 14.3 Å². The largest absolute Gasteiger partial charge is 0.444 e. The van der Waals surface area contributed by atoms with E-state index in [1.54, 1.807) is 20.8 Å². The summed E-state index contributed by atoms with van der Waals surface area (Å²) in [6.45, 7) is 5.34. The lowest BCUT2D eigenvalue weighted by Gasteiger charge is -2.20. The monoisotopic (exact) mass is 295 g/mol. The number of rotatable bonds is 4. The molecule has 1 aromatic carbocycles. The molecule has 21 heavy (non-hydrogen) atoms. The first-order valence-corrected chi connectivity index (χ1v) is 7.18. The number of anilines is 1. The van der Waals surface area contributed by atoms with Crippen LogP contribution in [0.15, 0.2) is 18.2 Å². The summed E-state index contributed by atoms with van der Waals surface area (Å²) in [6.07, 6.45) is 2.09. The van der Waals surface area contributed by atoms with E-state index in [4.69, 9.17) is 4.74 Å². The molecule has 0 heterocycles. The number of amides is 1. The van der Waals surface area contributed by atoms with Crippen molar-refractivity contribution in [1.82, 2.24) is 0 Å². The Kier molecular flexibility index (Phi) is 4.23. The van der Waals surface area contributed by atoms with E-state index < -0.39 is 17.3 Å². The summed E-state index contributed by atoms with van der Waals surface area (Å²) in [7, 11) is 0. The number of hydrogen-bond donors (Lipinski definition) is 2. The molecular formula is C16H22FNO3. The minimum Gasteiger partial charge on any atom is -0.444 e. The Morgan fingerprint density at radius 1 is 1.43 bits per heavy atom. The number of aliphatic hydroxyl groups is 1. The summed E-state index contributed by atoms with van der Waals surface area (Å²) >= 11 is 0. The number of carbonyl (C=O) groups is 1. The maximum absolute atomic E-state index is 13.4. The number of aryl methyl sites for hydroxylation is 1. The average Bonchev–Trinajstić information content (AvgIpc) is 3.06. The number of carbonyl (C=O) groups excluding carboxylic acids is 1. The summed E-state index contributed by atoms with van der Waals surface area (Å²) in [5.74, 6) is -0.359. The van der Waals surface area contributed by atoms with Gasteiger partial charge in [0.2, 0.25) is 0 Å². The number of hydrogen-bond acceptors (Lipinski definition) is 3. The van der Waals surface area contributed by atoms with Gasteiger partial charge in [-0.15, -0.1) is 0 Å². The molecule has 0 atom stereocenters. The number of ether oxygens (including phenoxy) is 1. The molecule has 2 N–H and O–H groups in total. The number of halogens is 1. The van der Waals surface area contributed by atoms with Crippen LogP contribution in [0.1, 0.15) is 45.6 Å². The van der Waals surface area contributed by atoms with Gasteiger partial charge in [-0.3, -0.25) is 5.32 Å². The van der Waals surface area contributed by atoms with Crippen LogP contribution >= 0.6 is 0 Å². The molecule has 0 unspecified atom stereocenters. The van der Waals surface area contributed by atoms with Gasteiger partial charge in [0.1, 0.15) is 11.4 Å². The van der Waals surface area contributed by atoms with E-state index >= 15 is 0 Å². The second kappa shape index (κ2) is 5.64. The quantitative estimate of drug-likeness (QED) is 0.891. The third kappa shape index (κ3) is 5.01. The van der Waals surface area contributed by atoms with E-state index in [-0.39, 0.29) is 5.82 Å². The number of benzene rings is 1. The molecule has 1 aromatic rings. The molecule has 1 aliphatic carbocycles. The van der Waals surface area contributed by atoms with Crippen LogP contribution in [0.25, 0.3) is 0 Å². The highest BCUT2D eigenvalue weighted by molar-refractivity contribution is 5.85. The molecule has 116 valence electrons. The van der Waals surface area contributed by atoms with E-state index in [0.29, 0.717) is 24.1 Å². The van der Waals surface area contributed by atoms with Gasteiger partial charge in [-0.05, 0) is 70.2 Å². The van der Waals surface area contributed by atoms with Crippen molar-refractivity contribution in [1.29, 1.82) is 0 Å². The van der Waals surface area contributed by atoms with Crippen molar-refractivity contribution in [3.8, 4) is 0 Å². The normalized spacial score (nSPS) is 16.4. The van der Waals surface area contributed by atoms with Gasteiger partial charge in [-0.1, -0.05) is 0 Å². The lowest BCUT2D eigenvalue weighted by molar-refractivity contribution is 0.0635. The van der Waals surface area contributed by atoms with Crippen LogP contribution in [0, 0.1) is 5.82 Å². The predicted octanol–water partition coefficient (Wildman–Crippen LogP) is 3.63. The fourth-order valence-corrected chi connectivity index (χ4v) is 2.07. The summed E-state index contributed by atoms with van der Waals surface area (Å²) in [6, 6.07) is 4.20. The minimum atomic E-state index is -0.602. The Morgan fingerprint density at radius 2 is 2.10 bits per heavy atom. The van der Waals surface area contributed by atoms with Crippen LogP contribution < -0.4 is 5.32 Å². The lowest BCUT2D eigenvalue weighted by Crippen LogP contribution is -2.27. The summed E-state index contributed by atoms with van der Waals surface area (Å²) in [5, 5.41) is 12.5. The molecule has 0 aliphatic heterocycles. The lowest BCUT2D eigenvalue weighted by atomic mass is 10.0. The van der Waals surface area contributed by atoms with Gasteiger partial charge in [0.25, 0.3) is 0 Å². The molecule has 2 rings (SSSR count). The average molecular weight is 295 g/mol. The summed E-state index contributed by atoms with van der Waals surface area (Å²) in [4.78, 5) is 11.8. The van der Waals surface area contributed by atoms with E-state index in [1.807, 2.05) is 0 Å². The standard InChI is InChI=1S/C16H22FNO3/c1-15(2,3)21-14(19)18-13-5-4-12(17)10-11(13)6-7-16(20)8-9-16/h4-5,10,20H,6-9H2,1-3H3,(H,18,19). The van der Waals surface area contributed by atoms with Crippen molar-refractivity contribution in [3.05, 3.63) is 29.6 Å². The summed E-state index contributed by atoms with van der Waals surface area (Å²) in [5.41, 5.74) is -0.000696. The maximum Gasteiger partial charge on any atom is 0.412 e. The third-order valence-corrected chi connectivity index (χ3v) is 3.39. The zero-order valence-electron chi connectivity index (χ0n) is 12.7. The molecular weight excluding hydrogens is 273 g/mol. The summed E-state index contributed by atoms with van der Waals surface area (Å²) < 4.78 is 18.6. The van der Waals surface area contributed by atoms with Crippen molar-refractivity contribution < 1.29 is 19.0 Å². The van der Waals surface area contributed by atoms with Crippen LogP contribution in [0.2, 0.25) is 0 Å². The Hall–Kier alpha value is -1.62. The van der Waals surface area contributed by atoms with Crippen molar-refractivity contribution in [2.45, 2.75) is 57.7 Å². The Bertz CT molecular complexity index is 533. The van der Waals surface area contributed by atoms with Crippen LogP contribution in [0.4, 0.5) is 14.9 Å². The first kappa shape index (κ1) is 15.8. The van der Waals surface area contributed by atoms with Crippen molar-refractivity contribution in [2.24, 2.45) is 0 Å². The molecule has 0 spiro atoms. The molecule has 0 bridgehead atoms. The van der Waals surface area contributed by atoms with Crippen molar-refractivity contribution in [3.63, 3.8) is 0 Å². The zero-order valence-corrected chi connectivity index (χ0v) is 12.7. The molecule has 1 aliphatic rings. The molecule has 0 radical (unpaired) electrons. The number of nitrogens with one attached hydrogen (secondary N) is 1. The highest BCUT2D eigenvalue weighted by atomic mass is 19.1. The molecule has 5 heteroatoms. The molecule has 0 saturated heterocycles. The van der Waals surface area contributed by atoms with Gasteiger partial charge in [-0.25, -0.2) is 9.18 Å². The van der Waals surface area contributed by atoms with Crippen LogP contribution in [0.3, 0.4) is 0 Å². The SMILES string of the molecule is CC(C)(C)OC(=O)Nc1ccc(F)cc1CCC1(O)CC1. The minimum absolute atomic E-state index is 0.359. The van der Waals surface area contributed by atoms with Gasteiger partial charge in [0.05, 0.1) is 5.60 Å². The second-order valence-corrected chi connectivity index (χ2v) is 6.65. The van der Waals surface area contributed by atoms with Crippen molar-refractivity contribution in [2.75, 3.05) is 5.32 Å². The van der Waals surface area contributed by atoms with Crippen LogP contribution in [0.5, 0.6) is 0 Å². The smallest absolute Gasteiger partial charge is 0.412 e. The molecule has 1 fully saturated rings.